The molecule has 3 nitrogen and oxygen atoms in total. The topological polar surface area (TPSA) is 43.4 Å². The van der Waals surface area contributed by atoms with E-state index < -0.39 is 0 Å². The standard InChI is InChI=1S/C15H17Cl3O3/c1-2-21-14(20)7-5-3-4-6-13(19)10-8-11(16)15(18)12(17)9-10/h8-9H,2-7H2,1H3. The van der Waals surface area contributed by atoms with Gasteiger partial charge in [0.25, 0.3) is 0 Å². The van der Waals surface area contributed by atoms with Gasteiger partial charge in [-0.05, 0) is 31.9 Å². The van der Waals surface area contributed by atoms with Crippen molar-refractivity contribution < 1.29 is 14.3 Å². The van der Waals surface area contributed by atoms with Gasteiger partial charge in [0.1, 0.15) is 0 Å². The van der Waals surface area contributed by atoms with Crippen LogP contribution in [0.25, 0.3) is 0 Å². The van der Waals surface area contributed by atoms with Crippen LogP contribution in [0.2, 0.25) is 15.1 Å². The zero-order chi connectivity index (χ0) is 15.8. The summed E-state index contributed by atoms with van der Waals surface area (Å²) in [7, 11) is 0. The fourth-order valence-electron chi connectivity index (χ4n) is 1.83. The number of esters is 1. The van der Waals surface area contributed by atoms with Crippen LogP contribution in [0.1, 0.15) is 49.4 Å². The quantitative estimate of drug-likeness (QED) is 0.275. The molecule has 1 aromatic carbocycles. The van der Waals surface area contributed by atoms with Gasteiger partial charge in [-0.25, -0.2) is 0 Å². The molecule has 0 aromatic heterocycles. The maximum Gasteiger partial charge on any atom is 0.305 e. The Morgan fingerprint density at radius 1 is 1.00 bits per heavy atom. The molecule has 0 saturated heterocycles. The second kappa shape index (κ2) is 9.29. The lowest BCUT2D eigenvalue weighted by atomic mass is 10.0. The van der Waals surface area contributed by atoms with Gasteiger partial charge in [0.2, 0.25) is 0 Å². The zero-order valence-electron chi connectivity index (χ0n) is 11.8. The highest BCUT2D eigenvalue weighted by Gasteiger charge is 2.11. The first-order chi connectivity index (χ1) is 9.95. The van der Waals surface area contributed by atoms with E-state index in [1.54, 1.807) is 6.92 Å². The summed E-state index contributed by atoms with van der Waals surface area (Å²) < 4.78 is 4.83. The Kier molecular flexibility index (Phi) is 8.09. The number of halogens is 3. The van der Waals surface area contributed by atoms with E-state index in [-0.39, 0.29) is 26.8 Å². The summed E-state index contributed by atoms with van der Waals surface area (Å²) in [5, 5.41) is 0.800. The van der Waals surface area contributed by atoms with Crippen LogP contribution in [-0.4, -0.2) is 18.4 Å². The first-order valence-corrected chi connectivity index (χ1v) is 7.92. The van der Waals surface area contributed by atoms with E-state index >= 15 is 0 Å². The summed E-state index contributed by atoms with van der Waals surface area (Å²) in [6, 6.07) is 3.05. The lowest BCUT2D eigenvalue weighted by Crippen LogP contribution is -2.03. The summed E-state index contributed by atoms with van der Waals surface area (Å²) >= 11 is 17.6. The van der Waals surface area contributed by atoms with Crippen LogP contribution in [0.15, 0.2) is 12.1 Å². The van der Waals surface area contributed by atoms with Crippen LogP contribution < -0.4 is 0 Å². The van der Waals surface area contributed by atoms with Gasteiger partial charge in [-0.3, -0.25) is 9.59 Å². The first kappa shape index (κ1) is 18.3. The highest BCUT2D eigenvalue weighted by Crippen LogP contribution is 2.31. The lowest BCUT2D eigenvalue weighted by molar-refractivity contribution is -0.143. The first-order valence-electron chi connectivity index (χ1n) is 6.79. The molecule has 116 valence electrons. The van der Waals surface area contributed by atoms with Gasteiger partial charge in [-0.2, -0.15) is 0 Å². The Morgan fingerprint density at radius 2 is 1.57 bits per heavy atom. The minimum Gasteiger partial charge on any atom is -0.466 e. The van der Waals surface area contributed by atoms with Crippen molar-refractivity contribution in [2.45, 2.75) is 39.0 Å². The highest BCUT2D eigenvalue weighted by molar-refractivity contribution is 6.48. The van der Waals surface area contributed by atoms with Gasteiger partial charge in [0.15, 0.2) is 5.78 Å². The average Bonchev–Trinajstić information content (AvgIpc) is 2.43. The van der Waals surface area contributed by atoms with Crippen LogP contribution in [0.4, 0.5) is 0 Å². The van der Waals surface area contributed by atoms with E-state index in [4.69, 9.17) is 39.5 Å². The minimum absolute atomic E-state index is 0.0356. The number of unbranched alkanes of at least 4 members (excludes halogenated alkanes) is 2. The van der Waals surface area contributed by atoms with Crippen LogP contribution >= 0.6 is 34.8 Å². The molecule has 0 heterocycles. The number of hydrogen-bond donors (Lipinski definition) is 0. The van der Waals surface area contributed by atoms with Crippen molar-refractivity contribution in [3.63, 3.8) is 0 Å². The van der Waals surface area contributed by atoms with E-state index in [1.807, 2.05) is 0 Å². The monoisotopic (exact) mass is 350 g/mol. The van der Waals surface area contributed by atoms with Gasteiger partial charge in [-0.1, -0.05) is 41.2 Å². The largest absolute Gasteiger partial charge is 0.466 e. The molecule has 0 spiro atoms. The molecule has 0 bridgehead atoms. The Labute approximate surface area is 139 Å². The fourth-order valence-corrected chi connectivity index (χ4v) is 2.42. The lowest BCUT2D eigenvalue weighted by Gasteiger charge is -2.05. The van der Waals surface area contributed by atoms with Gasteiger partial charge in [-0.15, -0.1) is 0 Å². The Morgan fingerprint density at radius 3 is 2.14 bits per heavy atom. The van der Waals surface area contributed by atoms with Crippen LogP contribution in [0, 0.1) is 0 Å². The third kappa shape index (κ3) is 6.25. The van der Waals surface area contributed by atoms with Gasteiger partial charge >= 0.3 is 5.97 Å². The molecular formula is C15H17Cl3O3. The third-order valence-electron chi connectivity index (χ3n) is 2.90. The van der Waals surface area contributed by atoms with Crippen LogP contribution in [0.5, 0.6) is 0 Å². The molecule has 0 unspecified atom stereocenters. The molecule has 0 aliphatic carbocycles. The van der Waals surface area contributed by atoms with Crippen molar-refractivity contribution in [2.75, 3.05) is 6.61 Å². The molecule has 0 amide bonds. The predicted molar refractivity (Wildman–Crippen MR) is 85.5 cm³/mol. The second-order valence-electron chi connectivity index (χ2n) is 4.54. The average molecular weight is 352 g/mol. The summed E-state index contributed by atoms with van der Waals surface area (Å²) in [5.74, 6) is -0.230. The van der Waals surface area contributed by atoms with Crippen molar-refractivity contribution in [1.82, 2.24) is 0 Å². The fraction of sp³-hybridized carbons (Fsp3) is 0.467. The van der Waals surface area contributed by atoms with Crippen molar-refractivity contribution >= 4 is 46.6 Å². The smallest absolute Gasteiger partial charge is 0.305 e. The maximum atomic E-state index is 12.0. The molecule has 0 aliphatic heterocycles. The van der Waals surface area contributed by atoms with E-state index in [0.717, 1.165) is 6.42 Å². The number of Topliss-reactive ketones (excluding diaryl/α,β-unsaturated/α-hetero) is 1. The SMILES string of the molecule is CCOC(=O)CCCCCC(=O)c1cc(Cl)c(Cl)c(Cl)c1. The van der Waals surface area contributed by atoms with Gasteiger partial charge in [0, 0.05) is 18.4 Å². The number of carbonyl (C=O) groups is 2. The Balaban J connectivity index is 2.36. The Hall–Kier alpha value is -0.770. The number of rotatable bonds is 8. The zero-order valence-corrected chi connectivity index (χ0v) is 14.0. The molecule has 0 radical (unpaired) electrons. The van der Waals surface area contributed by atoms with E-state index in [1.165, 1.54) is 12.1 Å². The van der Waals surface area contributed by atoms with E-state index in [2.05, 4.69) is 0 Å². The van der Waals surface area contributed by atoms with Crippen molar-refractivity contribution in [2.24, 2.45) is 0 Å². The summed E-state index contributed by atoms with van der Waals surface area (Å²) in [4.78, 5) is 23.1. The van der Waals surface area contributed by atoms with Crippen molar-refractivity contribution in [3.8, 4) is 0 Å². The second-order valence-corrected chi connectivity index (χ2v) is 5.74. The maximum absolute atomic E-state index is 12.0. The number of ketones is 1. The molecule has 6 heteroatoms. The van der Waals surface area contributed by atoms with Gasteiger partial charge < -0.3 is 4.74 Å². The summed E-state index contributed by atoms with van der Waals surface area (Å²) in [5.41, 5.74) is 0.458. The summed E-state index contributed by atoms with van der Waals surface area (Å²) in [6.45, 7) is 2.17. The predicted octanol–water partition coefficient (Wildman–Crippen LogP) is 5.34. The molecule has 0 aliphatic rings. The van der Waals surface area contributed by atoms with Crippen molar-refractivity contribution in [3.05, 3.63) is 32.8 Å². The molecule has 0 saturated carbocycles. The van der Waals surface area contributed by atoms with Crippen LogP contribution in [-0.2, 0) is 9.53 Å². The molecule has 21 heavy (non-hydrogen) atoms. The molecule has 1 aromatic rings. The number of ether oxygens (including phenoxy) is 1. The normalized spacial score (nSPS) is 10.5. The van der Waals surface area contributed by atoms with E-state index in [9.17, 15) is 9.59 Å². The van der Waals surface area contributed by atoms with Crippen molar-refractivity contribution in [1.29, 1.82) is 0 Å². The van der Waals surface area contributed by atoms with Crippen LogP contribution in [0.3, 0.4) is 0 Å². The number of carbonyl (C=O) groups excluding carboxylic acids is 2. The molecular weight excluding hydrogens is 335 g/mol. The molecule has 1 rings (SSSR count). The minimum atomic E-state index is -0.194. The molecule has 0 fully saturated rings. The van der Waals surface area contributed by atoms with E-state index in [0.29, 0.717) is 37.9 Å². The third-order valence-corrected chi connectivity index (χ3v) is 4.09. The molecule has 0 atom stereocenters. The number of hydrogen-bond acceptors (Lipinski definition) is 3. The number of benzene rings is 1. The Bertz CT molecular complexity index is 492. The highest BCUT2D eigenvalue weighted by atomic mass is 35.5. The molecule has 0 N–H and O–H groups in total. The van der Waals surface area contributed by atoms with Gasteiger partial charge in [0.05, 0.1) is 21.7 Å². The summed E-state index contributed by atoms with van der Waals surface area (Å²) in [6.07, 6.45) is 2.99.